The molecule has 1 aliphatic heterocycles. The molecule has 0 saturated carbocycles. The lowest BCUT2D eigenvalue weighted by Gasteiger charge is -2.29. The van der Waals surface area contributed by atoms with Gasteiger partial charge >= 0.3 is 0 Å². The summed E-state index contributed by atoms with van der Waals surface area (Å²) < 4.78 is 8.43. The summed E-state index contributed by atoms with van der Waals surface area (Å²) in [5.41, 5.74) is 1.82. The normalized spacial score (nSPS) is 14.8. The molecule has 0 aliphatic carbocycles. The summed E-state index contributed by atoms with van der Waals surface area (Å²) >= 11 is 12.2. The van der Waals surface area contributed by atoms with Gasteiger partial charge in [0, 0.05) is 26.4 Å². The molecule has 1 aliphatic rings. The second-order valence-corrected chi connectivity index (χ2v) is 12.0. The Balaban J connectivity index is 1.61. The summed E-state index contributed by atoms with van der Waals surface area (Å²) in [6.45, 7) is 4.54. The molecule has 0 atom stereocenters. The lowest BCUT2D eigenvalue weighted by molar-refractivity contribution is -0.0379. The second-order valence-electron chi connectivity index (χ2n) is 8.64. The van der Waals surface area contributed by atoms with Crippen molar-refractivity contribution in [3.05, 3.63) is 84.4 Å². The minimum Gasteiger partial charge on any atom is -0.370 e. The number of nitrogens with zero attached hydrogens (tertiary/aromatic N) is 2. The van der Waals surface area contributed by atoms with Crippen LogP contribution in [0.15, 0.2) is 63.0 Å². The first-order valence-electron chi connectivity index (χ1n) is 10.6. The molecule has 34 heavy (non-hydrogen) atoms. The number of hydrogen-bond donors (Lipinski definition) is 0. The first-order valence-corrected chi connectivity index (χ1v) is 13.6. The van der Waals surface area contributed by atoms with Crippen LogP contribution >= 0.6 is 50.6 Å². The summed E-state index contributed by atoms with van der Waals surface area (Å²) in [6.07, 6.45) is 0.652. The minimum absolute atomic E-state index is 0.0579. The molecule has 2 aromatic carbocycles. The van der Waals surface area contributed by atoms with Gasteiger partial charge in [0.2, 0.25) is 0 Å². The zero-order valence-corrected chi connectivity index (χ0v) is 22.4. The highest BCUT2D eigenvalue weighted by Crippen LogP contribution is 2.38. The van der Waals surface area contributed by atoms with E-state index in [4.69, 9.17) is 21.3 Å². The van der Waals surface area contributed by atoms with Crippen LogP contribution in [0.1, 0.15) is 34.6 Å². The molecule has 5 rings (SSSR count). The van der Waals surface area contributed by atoms with Crippen molar-refractivity contribution in [2.24, 2.45) is 0 Å². The minimum atomic E-state index is -0.341. The van der Waals surface area contributed by atoms with Crippen LogP contribution in [-0.4, -0.2) is 26.7 Å². The van der Waals surface area contributed by atoms with Crippen LogP contribution in [0, 0.1) is 0 Å². The van der Waals surface area contributed by atoms with Crippen molar-refractivity contribution in [2.75, 3.05) is 5.75 Å². The quantitative estimate of drug-likeness (QED) is 0.151. The monoisotopic (exact) mass is 574 g/mol. The number of thioether (sulfide) groups is 1. The third-order valence-electron chi connectivity index (χ3n) is 5.64. The van der Waals surface area contributed by atoms with Gasteiger partial charge < -0.3 is 4.74 Å². The molecule has 174 valence electrons. The molecule has 0 fully saturated rings. The van der Waals surface area contributed by atoms with Crippen LogP contribution in [0.5, 0.6) is 0 Å². The third-order valence-corrected chi connectivity index (χ3v) is 8.42. The van der Waals surface area contributed by atoms with E-state index in [1.165, 1.54) is 23.1 Å². The Labute approximate surface area is 218 Å². The third kappa shape index (κ3) is 4.62. The number of ether oxygens (including phenoxy) is 1. The SMILES string of the molecule is CC1(C)Cc2c(sc3nc(SCC(=O)c4ccc(Cl)cc4)n(-c4cccc(Br)c4)c(=O)c23)CO1. The number of thiophene rings is 1. The first kappa shape index (κ1) is 23.8. The highest BCUT2D eigenvalue weighted by molar-refractivity contribution is 9.10. The Kier molecular flexibility index (Phi) is 6.46. The Hall–Kier alpha value is -1.97. The fourth-order valence-corrected chi connectivity index (χ4v) is 6.53. The average molecular weight is 576 g/mol. The van der Waals surface area contributed by atoms with Crippen LogP contribution in [0.3, 0.4) is 0 Å². The number of rotatable bonds is 5. The number of hydrogen-bond acceptors (Lipinski definition) is 6. The molecular formula is C25H20BrClN2O3S2. The molecule has 9 heteroatoms. The predicted molar refractivity (Wildman–Crippen MR) is 142 cm³/mol. The second kappa shape index (κ2) is 9.24. The maximum atomic E-state index is 13.9. The Morgan fingerprint density at radius 2 is 2.03 bits per heavy atom. The van der Waals surface area contributed by atoms with Gasteiger partial charge in [0.1, 0.15) is 4.83 Å². The summed E-state index contributed by atoms with van der Waals surface area (Å²) in [4.78, 5) is 33.3. The van der Waals surface area contributed by atoms with E-state index in [0.29, 0.717) is 44.7 Å². The van der Waals surface area contributed by atoms with Crippen molar-refractivity contribution in [3.8, 4) is 5.69 Å². The molecule has 0 unspecified atom stereocenters. The van der Waals surface area contributed by atoms with Gasteiger partial charge in [-0.25, -0.2) is 4.98 Å². The molecule has 0 saturated heterocycles. The van der Waals surface area contributed by atoms with Crippen molar-refractivity contribution in [1.29, 1.82) is 0 Å². The molecule has 0 bridgehead atoms. The molecule has 4 aromatic rings. The topological polar surface area (TPSA) is 61.2 Å². The molecule has 5 nitrogen and oxygen atoms in total. The molecular weight excluding hydrogens is 556 g/mol. The van der Waals surface area contributed by atoms with E-state index >= 15 is 0 Å². The van der Waals surface area contributed by atoms with E-state index in [1.807, 2.05) is 38.1 Å². The van der Waals surface area contributed by atoms with Gasteiger partial charge in [-0.2, -0.15) is 0 Å². The molecule has 0 N–H and O–H groups in total. The van der Waals surface area contributed by atoms with E-state index in [2.05, 4.69) is 15.9 Å². The van der Waals surface area contributed by atoms with Crippen molar-refractivity contribution >= 4 is 66.6 Å². The number of benzene rings is 2. The zero-order valence-electron chi connectivity index (χ0n) is 18.4. The first-order chi connectivity index (χ1) is 16.2. The van der Waals surface area contributed by atoms with Crippen molar-refractivity contribution in [2.45, 2.75) is 37.6 Å². The fourth-order valence-electron chi connectivity index (χ4n) is 3.96. The Bertz CT molecular complexity index is 1480. The molecule has 2 aromatic heterocycles. The summed E-state index contributed by atoms with van der Waals surface area (Å²) in [5, 5.41) is 1.70. The predicted octanol–water partition coefficient (Wildman–Crippen LogP) is 6.69. The lowest BCUT2D eigenvalue weighted by Crippen LogP contribution is -2.32. The standard InChI is InChI=1S/C25H20BrClN2O3S2/c1-25(2)11-18-20(12-32-25)34-22-21(18)23(31)29(17-5-3-4-15(26)10-17)24(28-22)33-13-19(30)14-6-8-16(27)9-7-14/h3-10H,11-13H2,1-2H3. The molecule has 0 amide bonds. The number of ketones is 1. The van der Waals surface area contributed by atoms with E-state index in [-0.39, 0.29) is 22.7 Å². The van der Waals surface area contributed by atoms with Gasteiger partial charge in [0.25, 0.3) is 5.56 Å². The van der Waals surface area contributed by atoms with Crippen molar-refractivity contribution in [3.63, 3.8) is 0 Å². The van der Waals surface area contributed by atoms with Crippen LogP contribution in [0.2, 0.25) is 5.02 Å². The van der Waals surface area contributed by atoms with E-state index in [0.717, 1.165) is 14.9 Å². The largest absolute Gasteiger partial charge is 0.370 e. The summed E-state index contributed by atoms with van der Waals surface area (Å²) in [7, 11) is 0. The molecule has 0 radical (unpaired) electrons. The lowest BCUT2D eigenvalue weighted by atomic mass is 9.94. The smallest absolute Gasteiger partial charge is 0.267 e. The summed E-state index contributed by atoms with van der Waals surface area (Å²) in [6, 6.07) is 14.3. The van der Waals surface area contributed by atoms with E-state index in [9.17, 15) is 9.59 Å². The van der Waals surface area contributed by atoms with Gasteiger partial charge in [-0.1, -0.05) is 45.4 Å². The van der Waals surface area contributed by atoms with Crippen LogP contribution in [-0.2, 0) is 17.8 Å². The number of carbonyl (C=O) groups is 1. The Morgan fingerprint density at radius 3 is 2.76 bits per heavy atom. The molecule has 0 spiro atoms. The van der Waals surface area contributed by atoms with Gasteiger partial charge in [-0.15, -0.1) is 11.3 Å². The number of fused-ring (bicyclic) bond motifs is 3. The summed E-state index contributed by atoms with van der Waals surface area (Å²) in [5.74, 6) is 0.0897. The van der Waals surface area contributed by atoms with Crippen LogP contribution in [0.25, 0.3) is 15.9 Å². The maximum absolute atomic E-state index is 13.9. The van der Waals surface area contributed by atoms with Crippen LogP contribution < -0.4 is 5.56 Å². The number of carbonyl (C=O) groups excluding carboxylic acids is 1. The van der Waals surface area contributed by atoms with E-state index in [1.54, 1.807) is 28.8 Å². The highest BCUT2D eigenvalue weighted by atomic mass is 79.9. The number of Topliss-reactive ketones (excluding diaryl/α,β-unsaturated/α-hetero) is 1. The zero-order chi connectivity index (χ0) is 24.0. The fraction of sp³-hybridized carbons (Fsp3) is 0.240. The highest BCUT2D eigenvalue weighted by Gasteiger charge is 2.31. The van der Waals surface area contributed by atoms with Crippen molar-refractivity contribution in [1.82, 2.24) is 9.55 Å². The van der Waals surface area contributed by atoms with Gasteiger partial charge in [-0.3, -0.25) is 14.2 Å². The molecule has 3 heterocycles. The van der Waals surface area contributed by atoms with Crippen LogP contribution in [0.4, 0.5) is 0 Å². The van der Waals surface area contributed by atoms with Gasteiger partial charge in [0.15, 0.2) is 10.9 Å². The Morgan fingerprint density at radius 1 is 1.26 bits per heavy atom. The van der Waals surface area contributed by atoms with Crippen molar-refractivity contribution < 1.29 is 9.53 Å². The van der Waals surface area contributed by atoms with E-state index < -0.39 is 0 Å². The maximum Gasteiger partial charge on any atom is 0.267 e. The van der Waals surface area contributed by atoms with Gasteiger partial charge in [0.05, 0.1) is 29.0 Å². The number of aromatic nitrogens is 2. The number of halogens is 2. The average Bonchev–Trinajstić information content (AvgIpc) is 3.14. The van der Waals surface area contributed by atoms with Gasteiger partial charge in [-0.05, 0) is 61.9 Å².